The minimum atomic E-state index is 0.902. The Morgan fingerprint density at radius 1 is 0.275 bits per heavy atom. The second-order valence-electron chi connectivity index (χ2n) is 13.4. The highest BCUT2D eigenvalue weighted by Crippen LogP contribution is 2.41. The molecule has 11 rings (SSSR count). The number of hydrogen-bond donors (Lipinski definition) is 0. The largest absolute Gasteiger partial charge is 0.456 e. The van der Waals surface area contributed by atoms with Crippen molar-refractivity contribution >= 4 is 65.6 Å². The standard InChI is InChI=1S/C48H30N2O/c1-3-13-31(14-4-1)33-25-34(32-15-5-2-6-16-32)27-36(26-33)50-44-21-11-8-18-38(44)41-29-45-40(30-46(41)50)37-17-7-10-20-43(37)49(45)35-23-24-48-42(28-35)39-19-9-12-22-47(39)51-48/h1-30H. The number of para-hydroxylation sites is 3. The smallest absolute Gasteiger partial charge is 0.135 e. The Bertz CT molecular complexity index is 3070. The Hall–Kier alpha value is -6.84. The zero-order chi connectivity index (χ0) is 33.5. The van der Waals surface area contributed by atoms with Crippen LogP contribution in [0.5, 0.6) is 0 Å². The van der Waals surface area contributed by atoms with Gasteiger partial charge in [0.1, 0.15) is 11.2 Å². The van der Waals surface area contributed by atoms with Gasteiger partial charge in [-0.15, -0.1) is 0 Å². The highest BCUT2D eigenvalue weighted by molar-refractivity contribution is 6.19. The average molecular weight is 651 g/mol. The quantitative estimate of drug-likeness (QED) is 0.186. The Labute approximate surface area is 293 Å². The topological polar surface area (TPSA) is 23.0 Å². The van der Waals surface area contributed by atoms with Gasteiger partial charge in [0.2, 0.25) is 0 Å². The number of nitrogens with zero attached hydrogens (tertiary/aromatic N) is 2. The Morgan fingerprint density at radius 2 is 0.765 bits per heavy atom. The fourth-order valence-corrected chi connectivity index (χ4v) is 8.17. The molecule has 0 unspecified atom stereocenters. The molecule has 0 N–H and O–H groups in total. The van der Waals surface area contributed by atoms with E-state index in [-0.39, 0.29) is 0 Å². The molecule has 0 atom stereocenters. The lowest BCUT2D eigenvalue weighted by Gasteiger charge is -2.14. The van der Waals surface area contributed by atoms with Crippen molar-refractivity contribution in [3.05, 3.63) is 182 Å². The Kier molecular flexibility index (Phi) is 5.96. The van der Waals surface area contributed by atoms with E-state index in [4.69, 9.17) is 4.42 Å². The summed E-state index contributed by atoms with van der Waals surface area (Å²) in [7, 11) is 0. The predicted molar refractivity (Wildman–Crippen MR) is 213 cm³/mol. The van der Waals surface area contributed by atoms with Crippen LogP contribution in [0.15, 0.2) is 186 Å². The van der Waals surface area contributed by atoms with Gasteiger partial charge in [-0.25, -0.2) is 0 Å². The second kappa shape index (κ2) is 10.8. The van der Waals surface area contributed by atoms with Crippen molar-refractivity contribution in [1.82, 2.24) is 9.13 Å². The number of aromatic nitrogens is 2. The highest BCUT2D eigenvalue weighted by atomic mass is 16.3. The number of furan rings is 1. The summed E-state index contributed by atoms with van der Waals surface area (Å²) in [5.41, 5.74) is 13.6. The molecule has 0 amide bonds. The molecule has 51 heavy (non-hydrogen) atoms. The molecule has 238 valence electrons. The summed E-state index contributed by atoms with van der Waals surface area (Å²) < 4.78 is 11.1. The zero-order valence-electron chi connectivity index (χ0n) is 27.6. The van der Waals surface area contributed by atoms with Crippen LogP contribution in [-0.2, 0) is 0 Å². The minimum absolute atomic E-state index is 0.902. The van der Waals surface area contributed by atoms with Crippen molar-refractivity contribution in [2.24, 2.45) is 0 Å². The maximum absolute atomic E-state index is 6.21. The molecule has 3 heteroatoms. The van der Waals surface area contributed by atoms with Crippen molar-refractivity contribution < 1.29 is 4.42 Å². The van der Waals surface area contributed by atoms with Gasteiger partial charge in [-0.3, -0.25) is 0 Å². The van der Waals surface area contributed by atoms with Crippen LogP contribution >= 0.6 is 0 Å². The first-order valence-corrected chi connectivity index (χ1v) is 17.4. The summed E-state index contributed by atoms with van der Waals surface area (Å²) in [6.45, 7) is 0. The van der Waals surface area contributed by atoms with Gasteiger partial charge in [0, 0.05) is 43.7 Å². The van der Waals surface area contributed by atoms with Crippen LogP contribution in [0.3, 0.4) is 0 Å². The number of hydrogen-bond acceptors (Lipinski definition) is 1. The molecule has 0 aliphatic heterocycles. The molecule has 0 saturated heterocycles. The summed E-state index contributed by atoms with van der Waals surface area (Å²) in [4.78, 5) is 0. The molecule has 0 saturated carbocycles. The van der Waals surface area contributed by atoms with E-state index < -0.39 is 0 Å². The van der Waals surface area contributed by atoms with E-state index >= 15 is 0 Å². The number of fused-ring (bicyclic) bond motifs is 9. The highest BCUT2D eigenvalue weighted by Gasteiger charge is 2.20. The fraction of sp³-hybridized carbons (Fsp3) is 0. The van der Waals surface area contributed by atoms with Gasteiger partial charge in [-0.2, -0.15) is 0 Å². The van der Waals surface area contributed by atoms with Gasteiger partial charge in [-0.1, -0.05) is 115 Å². The first kappa shape index (κ1) is 28.0. The monoisotopic (exact) mass is 650 g/mol. The molecule has 8 aromatic carbocycles. The van der Waals surface area contributed by atoms with Crippen LogP contribution in [-0.4, -0.2) is 9.13 Å². The van der Waals surface area contributed by atoms with E-state index in [2.05, 4.69) is 179 Å². The van der Waals surface area contributed by atoms with Crippen molar-refractivity contribution in [3.63, 3.8) is 0 Å². The Balaban J connectivity index is 1.22. The lowest BCUT2D eigenvalue weighted by molar-refractivity contribution is 0.669. The van der Waals surface area contributed by atoms with E-state index in [0.717, 1.165) is 33.3 Å². The maximum atomic E-state index is 6.21. The molecule has 3 heterocycles. The first-order chi connectivity index (χ1) is 25.3. The minimum Gasteiger partial charge on any atom is -0.456 e. The molecule has 0 bridgehead atoms. The van der Waals surface area contributed by atoms with E-state index in [0.29, 0.717) is 0 Å². The molecule has 0 fully saturated rings. The average Bonchev–Trinajstić information content (AvgIpc) is 3.84. The predicted octanol–water partition coefficient (Wildman–Crippen LogP) is 13.1. The third-order valence-electron chi connectivity index (χ3n) is 10.5. The van der Waals surface area contributed by atoms with Gasteiger partial charge in [0.15, 0.2) is 0 Å². The van der Waals surface area contributed by atoms with Crippen molar-refractivity contribution in [1.29, 1.82) is 0 Å². The molecule has 0 aliphatic rings. The lowest BCUT2D eigenvalue weighted by Crippen LogP contribution is -1.96. The van der Waals surface area contributed by atoms with Crippen LogP contribution in [0.2, 0.25) is 0 Å². The van der Waals surface area contributed by atoms with E-state index in [9.17, 15) is 0 Å². The van der Waals surface area contributed by atoms with Crippen LogP contribution in [0.4, 0.5) is 0 Å². The first-order valence-electron chi connectivity index (χ1n) is 17.4. The van der Waals surface area contributed by atoms with Crippen LogP contribution in [0, 0.1) is 0 Å². The maximum Gasteiger partial charge on any atom is 0.135 e. The van der Waals surface area contributed by atoms with E-state index in [1.807, 2.05) is 12.1 Å². The van der Waals surface area contributed by atoms with Crippen molar-refractivity contribution in [2.45, 2.75) is 0 Å². The van der Waals surface area contributed by atoms with Gasteiger partial charge < -0.3 is 13.6 Å². The van der Waals surface area contributed by atoms with Crippen molar-refractivity contribution in [3.8, 4) is 33.6 Å². The number of rotatable bonds is 4. The van der Waals surface area contributed by atoms with Gasteiger partial charge >= 0.3 is 0 Å². The fourth-order valence-electron chi connectivity index (χ4n) is 8.17. The third-order valence-corrected chi connectivity index (χ3v) is 10.5. The Morgan fingerprint density at radius 3 is 1.37 bits per heavy atom. The molecule has 0 spiro atoms. The molecule has 0 aliphatic carbocycles. The molecule has 3 nitrogen and oxygen atoms in total. The van der Waals surface area contributed by atoms with Crippen molar-refractivity contribution in [2.75, 3.05) is 0 Å². The molecular formula is C48H30N2O. The molecular weight excluding hydrogens is 621 g/mol. The SMILES string of the molecule is c1ccc(-c2cc(-c3ccccc3)cc(-n3c4ccccc4c4cc5c(cc43)c3ccccc3n5-c3ccc4oc5ccccc5c4c3)c2)cc1. The summed E-state index contributed by atoms with van der Waals surface area (Å²) in [5, 5.41) is 7.16. The zero-order valence-corrected chi connectivity index (χ0v) is 27.6. The summed E-state index contributed by atoms with van der Waals surface area (Å²) in [5.74, 6) is 0. The molecule has 3 aromatic heterocycles. The summed E-state index contributed by atoms with van der Waals surface area (Å²) >= 11 is 0. The third kappa shape index (κ3) is 4.25. The van der Waals surface area contributed by atoms with Crippen LogP contribution in [0.1, 0.15) is 0 Å². The van der Waals surface area contributed by atoms with E-state index in [1.54, 1.807) is 0 Å². The van der Waals surface area contributed by atoms with Gasteiger partial charge in [0.25, 0.3) is 0 Å². The molecule has 11 aromatic rings. The number of benzene rings is 8. The summed E-state index contributed by atoms with van der Waals surface area (Å²) in [6, 6.07) is 65.7. The molecule has 0 radical (unpaired) electrons. The van der Waals surface area contributed by atoms with Gasteiger partial charge in [0.05, 0.1) is 22.1 Å². The van der Waals surface area contributed by atoms with E-state index in [1.165, 1.54) is 65.9 Å². The summed E-state index contributed by atoms with van der Waals surface area (Å²) in [6.07, 6.45) is 0. The second-order valence-corrected chi connectivity index (χ2v) is 13.4. The van der Waals surface area contributed by atoms with Gasteiger partial charge in [-0.05, 0) is 89.0 Å². The van der Waals surface area contributed by atoms with Crippen LogP contribution < -0.4 is 0 Å². The van der Waals surface area contributed by atoms with Crippen LogP contribution in [0.25, 0.3) is 99.2 Å². The normalized spacial score (nSPS) is 11.9. The lowest BCUT2D eigenvalue weighted by atomic mass is 9.98.